The molecule has 2 aromatic heterocycles. The molecule has 2 heteroatoms. The fourth-order valence-corrected chi connectivity index (χ4v) is 6.08. The molecule has 5 aromatic rings. The highest BCUT2D eigenvalue weighted by Crippen LogP contribution is 2.47. The molecule has 7 rings (SSSR count). The molecular weight excluding hydrogens is 400 g/mol. The second kappa shape index (κ2) is 6.49. The molecule has 0 saturated carbocycles. The van der Waals surface area contributed by atoms with Crippen molar-refractivity contribution >= 4 is 0 Å². The number of aromatic nitrogens is 2. The van der Waals surface area contributed by atoms with Crippen LogP contribution in [-0.2, 0) is 5.66 Å². The molecule has 0 fully saturated rings. The second-order valence-electron chi connectivity index (χ2n) is 9.14. The van der Waals surface area contributed by atoms with E-state index in [1.54, 1.807) is 0 Å². The first-order valence-electron chi connectivity index (χ1n) is 11.6. The summed E-state index contributed by atoms with van der Waals surface area (Å²) in [6.45, 7) is 4.45. The summed E-state index contributed by atoms with van der Waals surface area (Å²) < 4.78 is 5.06. The maximum absolute atomic E-state index is 2.54. The minimum Gasteiger partial charge on any atom is -0.125 e. The number of rotatable bonds is 1. The van der Waals surface area contributed by atoms with Gasteiger partial charge in [-0.25, -0.2) is 0 Å². The Bertz CT molecular complexity index is 1580. The summed E-state index contributed by atoms with van der Waals surface area (Å²) in [7, 11) is 0. The van der Waals surface area contributed by atoms with Crippen molar-refractivity contribution in [2.75, 3.05) is 0 Å². The maximum atomic E-state index is 2.54. The minimum atomic E-state index is -0.444. The third-order valence-corrected chi connectivity index (χ3v) is 7.40. The van der Waals surface area contributed by atoms with E-state index in [4.69, 9.17) is 0 Å². The summed E-state index contributed by atoms with van der Waals surface area (Å²) in [5.74, 6) is 0. The third kappa shape index (κ3) is 2.23. The quantitative estimate of drug-likeness (QED) is 0.294. The van der Waals surface area contributed by atoms with Crippen LogP contribution in [0.15, 0.2) is 109 Å². The number of benzene rings is 3. The average Bonchev–Trinajstić information content (AvgIpc) is 3.31. The predicted molar refractivity (Wildman–Crippen MR) is 131 cm³/mol. The molecule has 156 valence electrons. The third-order valence-electron chi connectivity index (χ3n) is 7.40. The smallest absolute Gasteiger partial charge is 0.125 e. The zero-order valence-corrected chi connectivity index (χ0v) is 18.8. The maximum Gasteiger partial charge on any atom is 0.417 e. The van der Waals surface area contributed by atoms with E-state index in [1.165, 1.54) is 56.0 Å². The summed E-state index contributed by atoms with van der Waals surface area (Å²) in [6, 6.07) is 37.6. The van der Waals surface area contributed by atoms with E-state index < -0.39 is 5.66 Å². The Hall–Kier alpha value is -4.04. The second-order valence-corrected chi connectivity index (χ2v) is 9.14. The van der Waals surface area contributed by atoms with E-state index in [0.29, 0.717) is 0 Å². The molecule has 0 amide bonds. The van der Waals surface area contributed by atoms with Crippen LogP contribution in [0.4, 0.5) is 0 Å². The van der Waals surface area contributed by atoms with Crippen molar-refractivity contribution in [3.8, 4) is 33.6 Å². The molecule has 2 nitrogen and oxygen atoms in total. The van der Waals surface area contributed by atoms with Crippen LogP contribution >= 0.6 is 0 Å². The van der Waals surface area contributed by atoms with Gasteiger partial charge in [0, 0.05) is 30.7 Å². The van der Waals surface area contributed by atoms with Crippen LogP contribution in [-0.4, -0.2) is 0 Å². The zero-order valence-electron chi connectivity index (χ0n) is 18.8. The molecule has 2 aliphatic rings. The van der Waals surface area contributed by atoms with Crippen LogP contribution in [0, 0.1) is 13.8 Å². The largest absolute Gasteiger partial charge is 0.417 e. The first-order valence-corrected chi connectivity index (χ1v) is 11.6. The molecule has 2 aliphatic heterocycles. The van der Waals surface area contributed by atoms with E-state index in [-0.39, 0.29) is 0 Å². The molecule has 0 aliphatic carbocycles. The molecule has 1 unspecified atom stereocenters. The van der Waals surface area contributed by atoms with E-state index in [9.17, 15) is 0 Å². The molecule has 1 atom stereocenters. The summed E-state index contributed by atoms with van der Waals surface area (Å²) >= 11 is 0. The lowest BCUT2D eigenvalue weighted by Crippen LogP contribution is -2.72. The first-order chi connectivity index (χ1) is 16.2. The molecule has 3 aromatic carbocycles. The Balaban J connectivity index is 1.68. The molecule has 0 radical (unpaired) electrons. The van der Waals surface area contributed by atoms with Crippen molar-refractivity contribution in [2.45, 2.75) is 19.5 Å². The molecule has 4 heterocycles. The lowest BCUT2D eigenvalue weighted by Gasteiger charge is -2.19. The fraction of sp³-hybridized carbons (Fsp3) is 0.0968. The lowest BCUT2D eigenvalue weighted by molar-refractivity contribution is -0.956. The molecule has 0 saturated heterocycles. The molecular formula is C31H24N2+2. The first kappa shape index (κ1) is 18.5. The number of aryl methyl sites for hydroxylation is 2. The van der Waals surface area contributed by atoms with Gasteiger partial charge < -0.3 is 0 Å². The van der Waals surface area contributed by atoms with Crippen LogP contribution in [0.5, 0.6) is 0 Å². The van der Waals surface area contributed by atoms with Crippen LogP contribution in [0.2, 0.25) is 0 Å². The number of fused-ring (bicyclic) bond motifs is 10. The van der Waals surface area contributed by atoms with E-state index >= 15 is 0 Å². The lowest BCUT2D eigenvalue weighted by atomic mass is 9.90. The molecule has 33 heavy (non-hydrogen) atoms. The van der Waals surface area contributed by atoms with Gasteiger partial charge in [0.05, 0.1) is 11.1 Å². The normalized spacial score (nSPS) is 16.9. The van der Waals surface area contributed by atoms with Gasteiger partial charge in [0.25, 0.3) is 0 Å². The molecule has 0 bridgehead atoms. The number of nitrogens with zero attached hydrogens (tertiary/aromatic N) is 2. The number of pyridine rings is 2. The van der Waals surface area contributed by atoms with Gasteiger partial charge in [-0.05, 0) is 48.4 Å². The van der Waals surface area contributed by atoms with Crippen LogP contribution < -0.4 is 9.13 Å². The van der Waals surface area contributed by atoms with Gasteiger partial charge in [-0.1, -0.05) is 54.6 Å². The van der Waals surface area contributed by atoms with Gasteiger partial charge in [-0.3, -0.25) is 0 Å². The molecule has 0 N–H and O–H groups in total. The van der Waals surface area contributed by atoms with Crippen molar-refractivity contribution in [1.29, 1.82) is 0 Å². The number of hydrogen-bond donors (Lipinski definition) is 0. The summed E-state index contributed by atoms with van der Waals surface area (Å²) in [4.78, 5) is 0. The highest BCUT2D eigenvalue weighted by Gasteiger charge is 2.67. The Morgan fingerprint density at radius 1 is 0.576 bits per heavy atom. The van der Waals surface area contributed by atoms with Gasteiger partial charge in [0.1, 0.15) is 11.1 Å². The van der Waals surface area contributed by atoms with Crippen LogP contribution in [0.25, 0.3) is 33.6 Å². The Kier molecular flexibility index (Phi) is 3.64. The summed E-state index contributed by atoms with van der Waals surface area (Å²) in [5.41, 5.74) is 12.4. The standard InChI is InChI=1S/C31H24N2/c1-21-19-30-25-15-7-9-17-28(25)31(32(30)20-26(21)23-12-4-3-5-13-23)27-16-8-6-14-24(27)29-18-10-11-22(2)33(29)31/h3-20H,1-2H3/q+2. The van der Waals surface area contributed by atoms with E-state index in [0.717, 1.165) is 0 Å². The summed E-state index contributed by atoms with van der Waals surface area (Å²) in [6.07, 6.45) is 2.38. The SMILES string of the molecule is Cc1cc2[n+](cc1-c1ccccc1)C1(c3ccccc3-2)c2ccccc2-c2cccc(C)[n+]21. The topological polar surface area (TPSA) is 7.76 Å². The highest BCUT2D eigenvalue weighted by atomic mass is 15.3. The van der Waals surface area contributed by atoms with Crippen molar-refractivity contribution in [1.82, 2.24) is 0 Å². The zero-order chi connectivity index (χ0) is 22.2. The number of hydrogen-bond acceptors (Lipinski definition) is 0. The van der Waals surface area contributed by atoms with Crippen molar-refractivity contribution in [2.24, 2.45) is 0 Å². The van der Waals surface area contributed by atoms with Gasteiger partial charge in [0.2, 0.25) is 11.4 Å². The minimum absolute atomic E-state index is 0.444. The van der Waals surface area contributed by atoms with Crippen molar-refractivity contribution in [3.05, 3.63) is 132 Å². The Morgan fingerprint density at radius 3 is 1.94 bits per heavy atom. The molecule has 1 spiro atoms. The Labute approximate surface area is 194 Å². The van der Waals surface area contributed by atoms with E-state index in [2.05, 4.69) is 132 Å². The highest BCUT2D eigenvalue weighted by molar-refractivity contribution is 5.75. The average molecular weight is 425 g/mol. The predicted octanol–water partition coefficient (Wildman–Crippen LogP) is 5.80. The van der Waals surface area contributed by atoms with Crippen LogP contribution in [0.1, 0.15) is 22.4 Å². The van der Waals surface area contributed by atoms with Gasteiger partial charge in [-0.2, -0.15) is 0 Å². The van der Waals surface area contributed by atoms with E-state index in [1.807, 2.05) is 0 Å². The Morgan fingerprint density at radius 2 is 1.21 bits per heavy atom. The fourth-order valence-electron chi connectivity index (χ4n) is 6.08. The van der Waals surface area contributed by atoms with Gasteiger partial charge in [-0.15, -0.1) is 9.13 Å². The van der Waals surface area contributed by atoms with Crippen LogP contribution in [0.3, 0.4) is 0 Å². The van der Waals surface area contributed by atoms with Crippen molar-refractivity contribution < 1.29 is 9.13 Å². The van der Waals surface area contributed by atoms with Gasteiger partial charge in [0.15, 0.2) is 11.9 Å². The summed E-state index contributed by atoms with van der Waals surface area (Å²) in [5, 5.41) is 0. The van der Waals surface area contributed by atoms with Crippen molar-refractivity contribution in [3.63, 3.8) is 0 Å². The van der Waals surface area contributed by atoms with Gasteiger partial charge >= 0.3 is 5.66 Å². The monoisotopic (exact) mass is 424 g/mol.